The molecule has 6 heteroatoms. The molecule has 0 atom stereocenters. The molecule has 0 aliphatic heterocycles. The highest BCUT2D eigenvalue weighted by atomic mass is 35.5. The summed E-state index contributed by atoms with van der Waals surface area (Å²) in [5.41, 5.74) is 1.30. The molecule has 1 aromatic rings. The maximum Gasteiger partial charge on any atom is 0.407 e. The lowest BCUT2D eigenvalue weighted by atomic mass is 10.2. The summed E-state index contributed by atoms with van der Waals surface area (Å²) in [5, 5.41) is 6.54. The molecule has 0 aliphatic carbocycles. The molecule has 0 unspecified atom stereocenters. The summed E-state index contributed by atoms with van der Waals surface area (Å²) in [6, 6.07) is 3.68. The van der Waals surface area contributed by atoms with Gasteiger partial charge < -0.3 is 20.1 Å². The molecule has 0 fully saturated rings. The summed E-state index contributed by atoms with van der Waals surface area (Å²) < 4.78 is 10.4. The Morgan fingerprint density at radius 1 is 1.29 bits per heavy atom. The van der Waals surface area contributed by atoms with Gasteiger partial charge in [0.1, 0.15) is 11.4 Å². The van der Waals surface area contributed by atoms with Crippen LogP contribution in [0.2, 0.25) is 5.02 Å². The number of ether oxygens (including phenoxy) is 2. The van der Waals surface area contributed by atoms with Crippen LogP contribution < -0.4 is 15.4 Å². The van der Waals surface area contributed by atoms with Gasteiger partial charge in [-0.3, -0.25) is 0 Å². The Kier molecular flexibility index (Phi) is 6.15. The Balaban J connectivity index is 2.46. The second-order valence-corrected chi connectivity index (χ2v) is 6.06. The number of hydrogen-bond donors (Lipinski definition) is 2. The lowest BCUT2D eigenvalue weighted by Crippen LogP contribution is -2.35. The molecule has 0 heterocycles. The molecule has 0 spiro atoms. The third kappa shape index (κ3) is 6.12. The van der Waals surface area contributed by atoms with Crippen molar-refractivity contribution in [2.45, 2.75) is 33.3 Å². The van der Waals surface area contributed by atoms with Crippen LogP contribution in [0.5, 0.6) is 5.75 Å². The minimum atomic E-state index is -0.492. The van der Waals surface area contributed by atoms with Crippen LogP contribution in [0.3, 0.4) is 0 Å². The van der Waals surface area contributed by atoms with E-state index in [1.165, 1.54) is 0 Å². The van der Waals surface area contributed by atoms with Gasteiger partial charge >= 0.3 is 6.09 Å². The van der Waals surface area contributed by atoms with E-state index < -0.39 is 11.7 Å². The molecule has 21 heavy (non-hydrogen) atoms. The number of aryl methyl sites for hydroxylation is 1. The van der Waals surface area contributed by atoms with Crippen molar-refractivity contribution in [1.82, 2.24) is 5.32 Å². The van der Waals surface area contributed by atoms with Crippen molar-refractivity contribution in [3.05, 3.63) is 22.7 Å². The second-order valence-electron chi connectivity index (χ2n) is 5.66. The van der Waals surface area contributed by atoms with Crippen molar-refractivity contribution < 1.29 is 14.3 Å². The number of halogens is 1. The van der Waals surface area contributed by atoms with Crippen molar-refractivity contribution in [1.29, 1.82) is 0 Å². The summed E-state index contributed by atoms with van der Waals surface area (Å²) in [7, 11) is 1.59. The SMILES string of the molecule is COc1cc(Cl)c(C)cc1NCCNC(=O)OC(C)(C)C. The summed E-state index contributed by atoms with van der Waals surface area (Å²) in [4.78, 5) is 11.5. The zero-order chi connectivity index (χ0) is 16.0. The van der Waals surface area contributed by atoms with E-state index in [0.29, 0.717) is 23.9 Å². The molecule has 0 radical (unpaired) electrons. The zero-order valence-electron chi connectivity index (χ0n) is 13.2. The molecule has 5 nitrogen and oxygen atoms in total. The predicted molar refractivity (Wildman–Crippen MR) is 85.5 cm³/mol. The van der Waals surface area contributed by atoms with Gasteiger partial charge in [-0.2, -0.15) is 0 Å². The van der Waals surface area contributed by atoms with E-state index in [0.717, 1.165) is 11.3 Å². The molecular formula is C15H23ClN2O3. The number of nitrogens with one attached hydrogen (secondary N) is 2. The number of carbonyl (C=O) groups is 1. The quantitative estimate of drug-likeness (QED) is 0.815. The fourth-order valence-corrected chi connectivity index (χ4v) is 1.80. The first kappa shape index (κ1) is 17.4. The smallest absolute Gasteiger partial charge is 0.407 e. The van der Waals surface area contributed by atoms with Gasteiger partial charge in [0.25, 0.3) is 0 Å². The zero-order valence-corrected chi connectivity index (χ0v) is 13.9. The number of carbonyl (C=O) groups excluding carboxylic acids is 1. The van der Waals surface area contributed by atoms with Crippen molar-refractivity contribution in [2.75, 3.05) is 25.5 Å². The lowest BCUT2D eigenvalue weighted by molar-refractivity contribution is 0.0530. The van der Waals surface area contributed by atoms with Crippen molar-refractivity contribution in [3.8, 4) is 5.75 Å². The first-order valence-corrected chi connectivity index (χ1v) is 7.15. The average molecular weight is 315 g/mol. The fraction of sp³-hybridized carbons (Fsp3) is 0.533. The lowest BCUT2D eigenvalue weighted by Gasteiger charge is -2.20. The number of anilines is 1. The molecule has 0 aromatic heterocycles. The van der Waals surface area contributed by atoms with Gasteiger partial charge in [0.2, 0.25) is 0 Å². The van der Waals surface area contributed by atoms with Crippen LogP contribution in [-0.2, 0) is 4.74 Å². The molecule has 2 N–H and O–H groups in total. The first-order chi connectivity index (χ1) is 9.73. The van der Waals surface area contributed by atoms with Gasteiger partial charge in [-0.15, -0.1) is 0 Å². The maximum atomic E-state index is 11.5. The van der Waals surface area contributed by atoms with Crippen LogP contribution in [0.4, 0.5) is 10.5 Å². The largest absolute Gasteiger partial charge is 0.495 e. The van der Waals surface area contributed by atoms with Gasteiger partial charge in [0.15, 0.2) is 0 Å². The van der Waals surface area contributed by atoms with Crippen LogP contribution in [0, 0.1) is 6.92 Å². The Morgan fingerprint density at radius 2 is 1.95 bits per heavy atom. The normalized spacial score (nSPS) is 11.0. The molecule has 0 aliphatic rings. The number of alkyl carbamates (subject to hydrolysis) is 1. The van der Waals surface area contributed by atoms with Gasteiger partial charge in [0.05, 0.1) is 12.8 Å². The molecule has 0 saturated carbocycles. The Labute approximate surface area is 131 Å². The van der Waals surface area contributed by atoms with Crippen LogP contribution in [-0.4, -0.2) is 31.9 Å². The van der Waals surface area contributed by atoms with Gasteiger partial charge in [0, 0.05) is 24.2 Å². The topological polar surface area (TPSA) is 59.6 Å². The Bertz CT molecular complexity index is 498. The number of methoxy groups -OCH3 is 1. The highest BCUT2D eigenvalue weighted by Gasteiger charge is 2.15. The summed E-state index contributed by atoms with van der Waals surface area (Å²) >= 11 is 6.05. The number of benzene rings is 1. The second kappa shape index (κ2) is 7.41. The van der Waals surface area contributed by atoms with E-state index in [1.807, 2.05) is 33.8 Å². The van der Waals surface area contributed by atoms with Crippen LogP contribution >= 0.6 is 11.6 Å². The Morgan fingerprint density at radius 3 is 2.52 bits per heavy atom. The number of hydrogen-bond acceptors (Lipinski definition) is 4. The van der Waals surface area contributed by atoms with Crippen LogP contribution in [0.15, 0.2) is 12.1 Å². The monoisotopic (exact) mass is 314 g/mol. The minimum Gasteiger partial charge on any atom is -0.495 e. The van der Waals surface area contributed by atoms with E-state index in [4.69, 9.17) is 21.1 Å². The maximum absolute atomic E-state index is 11.5. The van der Waals surface area contributed by atoms with E-state index in [9.17, 15) is 4.79 Å². The van der Waals surface area contributed by atoms with Crippen molar-refractivity contribution >= 4 is 23.4 Å². The standard InChI is InChI=1S/C15H23ClN2O3/c1-10-8-12(13(20-5)9-11(10)16)17-6-7-18-14(19)21-15(2,3)4/h8-9,17H,6-7H2,1-5H3,(H,18,19). The van der Waals surface area contributed by atoms with Crippen LogP contribution in [0.1, 0.15) is 26.3 Å². The highest BCUT2D eigenvalue weighted by Crippen LogP contribution is 2.30. The van der Waals surface area contributed by atoms with Gasteiger partial charge in [-0.25, -0.2) is 4.79 Å². The summed E-state index contributed by atoms with van der Waals surface area (Å²) in [6.45, 7) is 8.40. The molecule has 1 rings (SSSR count). The molecular weight excluding hydrogens is 292 g/mol. The predicted octanol–water partition coefficient (Wildman–Crippen LogP) is 3.59. The first-order valence-electron chi connectivity index (χ1n) is 6.78. The fourth-order valence-electron chi connectivity index (χ4n) is 1.65. The van der Waals surface area contributed by atoms with E-state index in [1.54, 1.807) is 13.2 Å². The van der Waals surface area contributed by atoms with E-state index >= 15 is 0 Å². The van der Waals surface area contributed by atoms with Crippen molar-refractivity contribution in [3.63, 3.8) is 0 Å². The van der Waals surface area contributed by atoms with Gasteiger partial charge in [-0.1, -0.05) is 11.6 Å². The summed E-state index contributed by atoms with van der Waals surface area (Å²) in [5.74, 6) is 0.669. The Hall–Kier alpha value is -1.62. The molecule has 1 amide bonds. The molecule has 0 saturated heterocycles. The molecule has 0 bridgehead atoms. The average Bonchev–Trinajstić information content (AvgIpc) is 2.36. The van der Waals surface area contributed by atoms with Crippen molar-refractivity contribution in [2.24, 2.45) is 0 Å². The molecule has 1 aromatic carbocycles. The minimum absolute atomic E-state index is 0.427. The molecule has 118 valence electrons. The third-order valence-corrected chi connectivity index (χ3v) is 3.00. The van der Waals surface area contributed by atoms with E-state index in [2.05, 4.69) is 10.6 Å². The van der Waals surface area contributed by atoms with Gasteiger partial charge in [-0.05, 0) is 39.3 Å². The highest BCUT2D eigenvalue weighted by molar-refractivity contribution is 6.31. The number of rotatable bonds is 5. The summed E-state index contributed by atoms with van der Waals surface area (Å²) in [6.07, 6.45) is -0.427. The van der Waals surface area contributed by atoms with Crippen LogP contribution in [0.25, 0.3) is 0 Å². The third-order valence-electron chi connectivity index (χ3n) is 2.59. The van der Waals surface area contributed by atoms with E-state index in [-0.39, 0.29) is 0 Å². The number of amides is 1.